The van der Waals surface area contributed by atoms with Gasteiger partial charge in [-0.25, -0.2) is 0 Å². The number of fused-ring (bicyclic) bond motifs is 1. The second kappa shape index (κ2) is 7.23. The number of likely N-dealkylation sites (tertiary alicyclic amines) is 1. The van der Waals surface area contributed by atoms with Gasteiger partial charge in [0.15, 0.2) is 0 Å². The number of hydrogen-bond acceptors (Lipinski definition) is 5. The van der Waals surface area contributed by atoms with Gasteiger partial charge < -0.3 is 19.1 Å². The topological polar surface area (TPSA) is 51.2 Å². The third-order valence-electron chi connectivity index (χ3n) is 6.97. The predicted molar refractivity (Wildman–Crippen MR) is 107 cm³/mol. The number of ether oxygens (including phenoxy) is 3. The first-order valence-corrected chi connectivity index (χ1v) is 10.2. The normalized spacial score (nSPS) is 29.1. The van der Waals surface area contributed by atoms with Crippen LogP contribution in [0.1, 0.15) is 30.6 Å². The van der Waals surface area contributed by atoms with E-state index in [1.54, 1.807) is 20.3 Å². The fourth-order valence-corrected chi connectivity index (χ4v) is 5.85. The van der Waals surface area contributed by atoms with E-state index in [1.807, 2.05) is 17.0 Å². The van der Waals surface area contributed by atoms with Gasteiger partial charge >= 0.3 is 0 Å². The molecule has 2 heterocycles. The smallest absolute Gasteiger partial charge is 0.257 e. The van der Waals surface area contributed by atoms with Crippen molar-refractivity contribution in [2.75, 3.05) is 60.2 Å². The van der Waals surface area contributed by atoms with Crippen LogP contribution < -0.4 is 9.47 Å². The maximum atomic E-state index is 13.4. The minimum absolute atomic E-state index is 0.0438. The van der Waals surface area contributed by atoms with Gasteiger partial charge in [-0.3, -0.25) is 9.69 Å². The van der Waals surface area contributed by atoms with Crippen molar-refractivity contribution in [2.24, 2.45) is 16.7 Å². The highest BCUT2D eigenvalue weighted by Gasteiger charge is 2.63. The lowest BCUT2D eigenvalue weighted by Crippen LogP contribution is -2.59. The van der Waals surface area contributed by atoms with E-state index in [0.29, 0.717) is 23.0 Å². The summed E-state index contributed by atoms with van der Waals surface area (Å²) in [5.74, 6) is 1.85. The Bertz CT molecular complexity index is 744. The number of morpholine rings is 1. The molecule has 0 unspecified atom stereocenters. The zero-order valence-corrected chi connectivity index (χ0v) is 17.5. The fourth-order valence-electron chi connectivity index (χ4n) is 5.85. The Morgan fingerprint density at radius 3 is 2.61 bits per heavy atom. The average molecular weight is 389 g/mol. The van der Waals surface area contributed by atoms with E-state index in [0.717, 1.165) is 45.9 Å². The number of rotatable bonds is 5. The minimum Gasteiger partial charge on any atom is -0.497 e. The molecule has 0 aromatic heterocycles. The molecule has 1 amide bonds. The summed E-state index contributed by atoms with van der Waals surface area (Å²) in [6.07, 6.45) is 1.17. The fraction of sp³-hybridized carbons (Fsp3) is 0.682. The lowest BCUT2D eigenvalue weighted by molar-refractivity contribution is -0.0966. The van der Waals surface area contributed by atoms with Gasteiger partial charge in [-0.15, -0.1) is 0 Å². The number of carbonyl (C=O) groups excluding carboxylic acids is 1. The Morgan fingerprint density at radius 2 is 1.96 bits per heavy atom. The number of hydrogen-bond donors (Lipinski definition) is 0. The Kier molecular flexibility index (Phi) is 5.04. The second-order valence-corrected chi connectivity index (χ2v) is 9.22. The lowest BCUT2D eigenvalue weighted by Gasteiger charge is -2.58. The van der Waals surface area contributed by atoms with Crippen LogP contribution in [0.25, 0.3) is 0 Å². The van der Waals surface area contributed by atoms with Crippen LogP contribution in [0.5, 0.6) is 11.5 Å². The lowest BCUT2D eigenvalue weighted by atomic mass is 9.48. The summed E-state index contributed by atoms with van der Waals surface area (Å²) in [6.45, 7) is 11.0. The van der Waals surface area contributed by atoms with Gasteiger partial charge in [0.25, 0.3) is 5.91 Å². The van der Waals surface area contributed by atoms with Crippen molar-refractivity contribution >= 4 is 5.91 Å². The molecule has 28 heavy (non-hydrogen) atoms. The van der Waals surface area contributed by atoms with Crippen molar-refractivity contribution in [1.82, 2.24) is 9.80 Å². The molecule has 2 saturated heterocycles. The first-order valence-electron chi connectivity index (χ1n) is 10.2. The summed E-state index contributed by atoms with van der Waals surface area (Å²) in [6, 6.07) is 5.43. The van der Waals surface area contributed by atoms with E-state index >= 15 is 0 Å². The van der Waals surface area contributed by atoms with Gasteiger partial charge in [0.1, 0.15) is 11.5 Å². The van der Waals surface area contributed by atoms with Crippen LogP contribution in [0.15, 0.2) is 18.2 Å². The molecule has 3 fully saturated rings. The summed E-state index contributed by atoms with van der Waals surface area (Å²) in [5.41, 5.74) is 1.06. The van der Waals surface area contributed by atoms with E-state index in [-0.39, 0.29) is 16.7 Å². The van der Waals surface area contributed by atoms with Crippen LogP contribution >= 0.6 is 0 Å². The zero-order chi connectivity index (χ0) is 19.9. The average Bonchev–Trinajstić information content (AvgIpc) is 3.02. The van der Waals surface area contributed by atoms with Crippen LogP contribution in [-0.2, 0) is 4.74 Å². The largest absolute Gasteiger partial charge is 0.497 e. The van der Waals surface area contributed by atoms with Crippen LogP contribution in [0.2, 0.25) is 0 Å². The highest BCUT2D eigenvalue weighted by atomic mass is 16.5. The monoisotopic (exact) mass is 388 g/mol. The Balaban J connectivity index is 1.56. The molecule has 2 aliphatic heterocycles. The highest BCUT2D eigenvalue weighted by molar-refractivity contribution is 5.97. The van der Waals surface area contributed by atoms with E-state index < -0.39 is 0 Å². The first-order chi connectivity index (χ1) is 13.4. The van der Waals surface area contributed by atoms with Crippen molar-refractivity contribution in [3.05, 3.63) is 23.8 Å². The second-order valence-electron chi connectivity index (χ2n) is 9.22. The molecule has 0 spiro atoms. The van der Waals surface area contributed by atoms with Crippen LogP contribution in [0.3, 0.4) is 0 Å². The molecular formula is C22H32N2O4. The molecule has 0 bridgehead atoms. The predicted octanol–water partition coefficient (Wildman–Crippen LogP) is 2.52. The van der Waals surface area contributed by atoms with Crippen molar-refractivity contribution in [3.63, 3.8) is 0 Å². The van der Waals surface area contributed by atoms with E-state index in [1.165, 1.54) is 6.42 Å². The van der Waals surface area contributed by atoms with Gasteiger partial charge in [0.2, 0.25) is 0 Å². The number of amides is 1. The maximum absolute atomic E-state index is 13.4. The Labute approximate surface area is 167 Å². The standard InChI is InChI=1S/C22H32N2O4/c1-21(2)13-22(14-23-7-9-28-10-8-23)15-24(12-19(21)22)20(25)17-11-16(26-3)5-6-18(17)27-4/h5-6,11,19H,7-10,12-15H2,1-4H3/t19-,22+/m1/s1. The SMILES string of the molecule is COc1ccc(OC)c(C(=O)N2C[C@@H]3C(C)(C)C[C@]3(CN3CCOCC3)C2)c1. The minimum atomic E-state index is 0.0438. The molecule has 1 aromatic rings. The van der Waals surface area contributed by atoms with Crippen LogP contribution in [0.4, 0.5) is 0 Å². The van der Waals surface area contributed by atoms with Crippen molar-refractivity contribution in [3.8, 4) is 11.5 Å². The molecule has 6 nitrogen and oxygen atoms in total. The summed E-state index contributed by atoms with van der Waals surface area (Å²) >= 11 is 0. The van der Waals surface area contributed by atoms with Gasteiger partial charge in [0, 0.05) is 38.1 Å². The number of benzene rings is 1. The zero-order valence-electron chi connectivity index (χ0n) is 17.5. The molecule has 4 rings (SSSR count). The molecule has 2 atom stereocenters. The molecule has 0 N–H and O–H groups in total. The number of carbonyl (C=O) groups is 1. The number of methoxy groups -OCH3 is 2. The molecule has 6 heteroatoms. The van der Waals surface area contributed by atoms with Crippen molar-refractivity contribution in [2.45, 2.75) is 20.3 Å². The summed E-state index contributed by atoms with van der Waals surface area (Å²) in [7, 11) is 3.22. The van der Waals surface area contributed by atoms with Crippen LogP contribution in [-0.4, -0.2) is 75.9 Å². The molecule has 1 saturated carbocycles. The third kappa shape index (κ3) is 3.26. The quantitative estimate of drug-likeness (QED) is 0.776. The van der Waals surface area contributed by atoms with Gasteiger partial charge in [0.05, 0.1) is 33.0 Å². The van der Waals surface area contributed by atoms with Crippen LogP contribution in [0, 0.1) is 16.7 Å². The van der Waals surface area contributed by atoms with E-state index in [2.05, 4.69) is 18.7 Å². The summed E-state index contributed by atoms with van der Waals surface area (Å²) in [5, 5.41) is 0. The number of nitrogens with zero attached hydrogens (tertiary/aromatic N) is 2. The van der Waals surface area contributed by atoms with Gasteiger partial charge in [-0.05, 0) is 36.0 Å². The summed E-state index contributed by atoms with van der Waals surface area (Å²) in [4.78, 5) is 18.0. The highest BCUT2D eigenvalue weighted by Crippen LogP contribution is 2.63. The van der Waals surface area contributed by atoms with Crippen molar-refractivity contribution < 1.29 is 19.0 Å². The molecule has 1 aliphatic carbocycles. The summed E-state index contributed by atoms with van der Waals surface area (Å²) < 4.78 is 16.3. The first kappa shape index (κ1) is 19.5. The van der Waals surface area contributed by atoms with E-state index in [4.69, 9.17) is 14.2 Å². The van der Waals surface area contributed by atoms with E-state index in [9.17, 15) is 4.79 Å². The molecular weight excluding hydrogens is 356 g/mol. The maximum Gasteiger partial charge on any atom is 0.257 e. The molecule has 3 aliphatic rings. The molecule has 0 radical (unpaired) electrons. The Morgan fingerprint density at radius 1 is 1.21 bits per heavy atom. The third-order valence-corrected chi connectivity index (χ3v) is 6.97. The molecule has 154 valence electrons. The van der Waals surface area contributed by atoms with Gasteiger partial charge in [-0.2, -0.15) is 0 Å². The van der Waals surface area contributed by atoms with Crippen molar-refractivity contribution in [1.29, 1.82) is 0 Å². The Hall–Kier alpha value is -1.79. The van der Waals surface area contributed by atoms with Gasteiger partial charge in [-0.1, -0.05) is 13.8 Å². The molecule has 1 aromatic carbocycles.